The van der Waals surface area contributed by atoms with Crippen LogP contribution in [-0.2, 0) is 4.74 Å². The van der Waals surface area contributed by atoms with E-state index in [0.29, 0.717) is 0 Å². The van der Waals surface area contributed by atoms with Gasteiger partial charge in [-0.25, -0.2) is 5.43 Å². The average molecular weight is 254 g/mol. The van der Waals surface area contributed by atoms with Crippen LogP contribution in [-0.4, -0.2) is 6.61 Å². The SMILES string of the molecule is NNC(C1=COCCC1)c1ccc2ccccc2c1. The maximum absolute atomic E-state index is 5.73. The van der Waals surface area contributed by atoms with Crippen molar-refractivity contribution in [2.45, 2.75) is 18.9 Å². The molecule has 1 unspecified atom stereocenters. The van der Waals surface area contributed by atoms with Gasteiger partial charge in [-0.1, -0.05) is 36.4 Å². The highest BCUT2D eigenvalue weighted by Crippen LogP contribution is 2.29. The van der Waals surface area contributed by atoms with Gasteiger partial charge >= 0.3 is 0 Å². The lowest BCUT2D eigenvalue weighted by atomic mass is 9.94. The summed E-state index contributed by atoms with van der Waals surface area (Å²) in [6.45, 7) is 0.804. The van der Waals surface area contributed by atoms with E-state index in [1.54, 1.807) is 0 Å². The number of benzene rings is 2. The van der Waals surface area contributed by atoms with E-state index >= 15 is 0 Å². The first-order valence-corrected chi connectivity index (χ1v) is 6.64. The van der Waals surface area contributed by atoms with Crippen molar-refractivity contribution >= 4 is 10.8 Å². The molecular formula is C16H18N2O. The van der Waals surface area contributed by atoms with E-state index in [9.17, 15) is 0 Å². The number of rotatable bonds is 3. The minimum atomic E-state index is 0.0323. The Bertz CT molecular complexity index is 606. The van der Waals surface area contributed by atoms with E-state index in [1.165, 1.54) is 21.9 Å². The Morgan fingerprint density at radius 2 is 1.95 bits per heavy atom. The van der Waals surface area contributed by atoms with Crippen LogP contribution in [0.4, 0.5) is 0 Å². The van der Waals surface area contributed by atoms with Crippen molar-refractivity contribution in [2.24, 2.45) is 5.84 Å². The molecule has 98 valence electrons. The normalized spacial score (nSPS) is 16.8. The van der Waals surface area contributed by atoms with Crippen LogP contribution in [0.5, 0.6) is 0 Å². The Hall–Kier alpha value is -1.84. The molecule has 2 aromatic carbocycles. The molecule has 0 amide bonds. The summed E-state index contributed by atoms with van der Waals surface area (Å²) in [7, 11) is 0. The molecule has 0 bridgehead atoms. The molecule has 0 fully saturated rings. The Balaban J connectivity index is 1.98. The number of nitrogens with one attached hydrogen (secondary N) is 1. The number of hydrogen-bond acceptors (Lipinski definition) is 3. The summed E-state index contributed by atoms with van der Waals surface area (Å²) in [5, 5.41) is 2.48. The Kier molecular flexibility index (Phi) is 3.49. The zero-order valence-corrected chi connectivity index (χ0v) is 10.8. The first kappa shape index (κ1) is 12.2. The van der Waals surface area contributed by atoms with Gasteiger partial charge in [0.15, 0.2) is 0 Å². The molecule has 0 aromatic heterocycles. The third kappa shape index (κ3) is 2.48. The van der Waals surface area contributed by atoms with Gasteiger partial charge in [0, 0.05) is 0 Å². The molecular weight excluding hydrogens is 236 g/mol. The molecule has 3 N–H and O–H groups in total. The molecule has 0 radical (unpaired) electrons. The lowest BCUT2D eigenvalue weighted by Crippen LogP contribution is -2.30. The fourth-order valence-corrected chi connectivity index (χ4v) is 2.60. The predicted octanol–water partition coefficient (Wildman–Crippen LogP) is 3.04. The molecule has 2 aromatic rings. The highest BCUT2D eigenvalue weighted by Gasteiger charge is 2.17. The highest BCUT2D eigenvalue weighted by atomic mass is 16.5. The van der Waals surface area contributed by atoms with Crippen molar-refractivity contribution in [3.63, 3.8) is 0 Å². The summed E-state index contributed by atoms with van der Waals surface area (Å²) in [4.78, 5) is 0. The van der Waals surface area contributed by atoms with Crippen LogP contribution >= 0.6 is 0 Å². The molecule has 3 nitrogen and oxygen atoms in total. The topological polar surface area (TPSA) is 47.3 Å². The maximum Gasteiger partial charge on any atom is 0.0876 e. The van der Waals surface area contributed by atoms with Gasteiger partial charge in [0.1, 0.15) is 0 Å². The van der Waals surface area contributed by atoms with Crippen molar-refractivity contribution in [3.05, 3.63) is 59.9 Å². The second-order valence-corrected chi connectivity index (χ2v) is 4.87. The molecule has 1 atom stereocenters. The second-order valence-electron chi connectivity index (χ2n) is 4.87. The monoisotopic (exact) mass is 254 g/mol. The summed E-state index contributed by atoms with van der Waals surface area (Å²) in [6.07, 6.45) is 3.93. The van der Waals surface area contributed by atoms with E-state index in [1.807, 2.05) is 6.26 Å². The van der Waals surface area contributed by atoms with Gasteiger partial charge in [-0.3, -0.25) is 5.84 Å². The van der Waals surface area contributed by atoms with Crippen LogP contribution in [0.1, 0.15) is 24.4 Å². The molecule has 1 heterocycles. The first-order chi connectivity index (χ1) is 9.38. The van der Waals surface area contributed by atoms with Crippen molar-refractivity contribution in [1.29, 1.82) is 0 Å². The Morgan fingerprint density at radius 1 is 1.11 bits per heavy atom. The Labute approximate surface area is 113 Å². The molecule has 3 rings (SSSR count). The van der Waals surface area contributed by atoms with Crippen molar-refractivity contribution in [1.82, 2.24) is 5.43 Å². The minimum absolute atomic E-state index is 0.0323. The molecule has 0 saturated heterocycles. The minimum Gasteiger partial charge on any atom is -0.501 e. The third-order valence-corrected chi connectivity index (χ3v) is 3.61. The number of nitrogens with two attached hydrogens (primary N) is 1. The lowest BCUT2D eigenvalue weighted by molar-refractivity contribution is 0.219. The summed E-state index contributed by atoms with van der Waals surface area (Å²) in [5.74, 6) is 5.73. The highest BCUT2D eigenvalue weighted by molar-refractivity contribution is 5.83. The number of hydrazine groups is 1. The smallest absolute Gasteiger partial charge is 0.0876 e. The molecule has 3 heteroatoms. The van der Waals surface area contributed by atoms with Crippen molar-refractivity contribution < 1.29 is 4.74 Å². The summed E-state index contributed by atoms with van der Waals surface area (Å²) >= 11 is 0. The predicted molar refractivity (Wildman–Crippen MR) is 77.3 cm³/mol. The Morgan fingerprint density at radius 3 is 2.68 bits per heavy atom. The van der Waals surface area contributed by atoms with Crippen LogP contribution in [0.2, 0.25) is 0 Å². The molecule has 0 aliphatic carbocycles. The second kappa shape index (κ2) is 5.43. The van der Waals surface area contributed by atoms with Crippen LogP contribution < -0.4 is 11.3 Å². The summed E-state index contributed by atoms with van der Waals surface area (Å²) in [6, 6.07) is 14.8. The van der Waals surface area contributed by atoms with Crippen LogP contribution in [0, 0.1) is 0 Å². The van der Waals surface area contributed by atoms with Gasteiger partial charge < -0.3 is 4.74 Å². The van der Waals surface area contributed by atoms with E-state index < -0.39 is 0 Å². The standard InChI is InChI=1S/C16H18N2O/c17-18-16(15-6-3-9-19-11-15)14-8-7-12-4-1-2-5-13(12)10-14/h1-2,4-5,7-8,10-11,16,18H,3,6,9,17H2. The third-order valence-electron chi connectivity index (χ3n) is 3.61. The van der Waals surface area contributed by atoms with Gasteiger partial charge in [0.25, 0.3) is 0 Å². The van der Waals surface area contributed by atoms with Crippen molar-refractivity contribution in [2.75, 3.05) is 6.61 Å². The van der Waals surface area contributed by atoms with Gasteiger partial charge in [0.2, 0.25) is 0 Å². The first-order valence-electron chi connectivity index (χ1n) is 6.64. The summed E-state index contributed by atoms with van der Waals surface area (Å²) in [5.41, 5.74) is 5.30. The fourth-order valence-electron chi connectivity index (χ4n) is 2.60. The molecule has 1 aliphatic heterocycles. The maximum atomic E-state index is 5.73. The fraction of sp³-hybridized carbons (Fsp3) is 0.250. The van der Waals surface area contributed by atoms with E-state index in [-0.39, 0.29) is 6.04 Å². The molecule has 0 saturated carbocycles. The average Bonchev–Trinajstić information content (AvgIpc) is 2.49. The van der Waals surface area contributed by atoms with Gasteiger partial charge in [0.05, 0.1) is 18.9 Å². The largest absolute Gasteiger partial charge is 0.501 e. The number of fused-ring (bicyclic) bond motifs is 1. The zero-order valence-electron chi connectivity index (χ0n) is 10.8. The zero-order chi connectivity index (χ0) is 13.1. The quantitative estimate of drug-likeness (QED) is 0.653. The van der Waals surface area contributed by atoms with Gasteiger partial charge in [-0.15, -0.1) is 0 Å². The molecule has 1 aliphatic rings. The molecule has 0 spiro atoms. The molecule has 19 heavy (non-hydrogen) atoms. The van der Waals surface area contributed by atoms with E-state index in [4.69, 9.17) is 10.6 Å². The van der Waals surface area contributed by atoms with Crippen molar-refractivity contribution in [3.8, 4) is 0 Å². The lowest BCUT2D eigenvalue weighted by Gasteiger charge is -2.23. The van der Waals surface area contributed by atoms with E-state index in [0.717, 1.165) is 19.4 Å². The van der Waals surface area contributed by atoms with E-state index in [2.05, 4.69) is 47.9 Å². The van der Waals surface area contributed by atoms with Crippen LogP contribution in [0.3, 0.4) is 0 Å². The number of hydrogen-bond donors (Lipinski definition) is 2. The number of ether oxygens (including phenoxy) is 1. The van der Waals surface area contributed by atoms with Crippen LogP contribution in [0.15, 0.2) is 54.3 Å². The van der Waals surface area contributed by atoms with Gasteiger partial charge in [-0.2, -0.15) is 0 Å². The summed E-state index contributed by atoms with van der Waals surface area (Å²) < 4.78 is 5.42. The van der Waals surface area contributed by atoms with Crippen LogP contribution in [0.25, 0.3) is 10.8 Å². The van der Waals surface area contributed by atoms with Gasteiger partial charge in [-0.05, 0) is 40.8 Å².